The quantitative estimate of drug-likeness (QED) is 0.852. The maximum atomic E-state index is 12.4. The molecule has 6 nitrogen and oxygen atoms in total. The molecule has 0 aromatic carbocycles. The van der Waals surface area contributed by atoms with Crippen molar-refractivity contribution in [3.8, 4) is 0 Å². The first-order valence-electron chi connectivity index (χ1n) is 5.59. The first kappa shape index (κ1) is 12.6. The number of aromatic nitrogens is 4. The van der Waals surface area contributed by atoms with Crippen molar-refractivity contribution in [1.29, 1.82) is 0 Å². The molecule has 2 heterocycles. The minimum absolute atomic E-state index is 0.253. The molecule has 0 saturated carbocycles. The zero-order chi connectivity index (χ0) is 13.3. The van der Waals surface area contributed by atoms with Gasteiger partial charge in [0.05, 0.1) is 23.0 Å². The Morgan fingerprint density at radius 1 is 1.44 bits per heavy atom. The first-order chi connectivity index (χ1) is 8.56. The van der Waals surface area contributed by atoms with E-state index in [1.807, 2.05) is 6.92 Å². The molecule has 2 aromatic rings. The van der Waals surface area contributed by atoms with Crippen LogP contribution in [0.15, 0.2) is 12.4 Å². The second kappa shape index (κ2) is 4.81. The van der Waals surface area contributed by atoms with Crippen LogP contribution < -0.4 is 5.73 Å². The lowest BCUT2D eigenvalue weighted by atomic mass is 10.1. The molecule has 0 aliphatic rings. The molecular weight excluding hydrogens is 254 g/mol. The number of anilines is 1. The maximum absolute atomic E-state index is 12.4. The van der Waals surface area contributed by atoms with E-state index >= 15 is 0 Å². The predicted molar refractivity (Wildman–Crippen MR) is 68.6 cm³/mol. The van der Waals surface area contributed by atoms with E-state index in [-0.39, 0.29) is 5.78 Å². The zero-order valence-corrected chi connectivity index (χ0v) is 11.0. The summed E-state index contributed by atoms with van der Waals surface area (Å²) in [6.07, 6.45) is 3.77. The number of rotatable bonds is 4. The molecule has 0 unspecified atom stereocenters. The van der Waals surface area contributed by atoms with Crippen LogP contribution in [0.2, 0.25) is 5.02 Å². The van der Waals surface area contributed by atoms with Gasteiger partial charge in [-0.05, 0) is 6.42 Å². The van der Waals surface area contributed by atoms with E-state index in [1.165, 1.54) is 17.1 Å². The van der Waals surface area contributed by atoms with Gasteiger partial charge in [-0.25, -0.2) is 0 Å². The number of nitrogens with zero attached hydrogens (tertiary/aromatic N) is 4. The fourth-order valence-electron chi connectivity index (χ4n) is 1.72. The van der Waals surface area contributed by atoms with Crippen molar-refractivity contribution in [3.63, 3.8) is 0 Å². The van der Waals surface area contributed by atoms with Crippen molar-refractivity contribution in [2.75, 3.05) is 5.73 Å². The summed E-state index contributed by atoms with van der Waals surface area (Å²) in [6.45, 7) is 2.64. The predicted octanol–water partition coefficient (Wildman–Crippen LogP) is 1.49. The molecule has 0 spiro atoms. The highest BCUT2D eigenvalue weighted by atomic mass is 35.5. The van der Waals surface area contributed by atoms with Crippen molar-refractivity contribution < 1.29 is 4.79 Å². The molecule has 0 fully saturated rings. The lowest BCUT2D eigenvalue weighted by Gasteiger charge is -2.05. The number of carbonyl (C=O) groups excluding carboxylic acids is 1. The lowest BCUT2D eigenvalue weighted by molar-refractivity contribution is 0.102. The Bertz CT molecular complexity index is 586. The normalized spacial score (nSPS) is 10.8. The van der Waals surface area contributed by atoms with Crippen LogP contribution >= 0.6 is 11.6 Å². The van der Waals surface area contributed by atoms with Gasteiger partial charge in [-0.2, -0.15) is 10.2 Å². The van der Waals surface area contributed by atoms with E-state index in [1.54, 1.807) is 11.7 Å². The third-order valence-corrected chi connectivity index (χ3v) is 2.95. The van der Waals surface area contributed by atoms with Crippen LogP contribution in [0, 0.1) is 0 Å². The summed E-state index contributed by atoms with van der Waals surface area (Å²) in [6, 6.07) is 0. The first-order valence-corrected chi connectivity index (χ1v) is 5.97. The third kappa shape index (κ3) is 1.99. The Morgan fingerprint density at radius 3 is 2.72 bits per heavy atom. The Morgan fingerprint density at radius 2 is 2.17 bits per heavy atom. The molecule has 96 valence electrons. The van der Waals surface area contributed by atoms with Gasteiger partial charge < -0.3 is 5.73 Å². The highest BCUT2D eigenvalue weighted by Gasteiger charge is 2.22. The Labute approximate surface area is 109 Å². The second-order valence-electron chi connectivity index (χ2n) is 3.96. The highest BCUT2D eigenvalue weighted by molar-refractivity contribution is 6.34. The number of nitrogens with two attached hydrogens (primary N) is 1. The number of ketones is 1. The van der Waals surface area contributed by atoms with E-state index in [9.17, 15) is 4.79 Å². The number of hydrogen-bond donors (Lipinski definition) is 1. The van der Waals surface area contributed by atoms with Gasteiger partial charge in [-0.3, -0.25) is 14.2 Å². The molecule has 2 aromatic heterocycles. The summed E-state index contributed by atoms with van der Waals surface area (Å²) in [4.78, 5) is 12.4. The van der Waals surface area contributed by atoms with Gasteiger partial charge in [0.25, 0.3) is 0 Å². The number of aryl methyl sites for hydroxylation is 2. The van der Waals surface area contributed by atoms with Crippen LogP contribution in [0.25, 0.3) is 0 Å². The van der Waals surface area contributed by atoms with Crippen LogP contribution in [-0.4, -0.2) is 25.3 Å². The molecule has 7 heteroatoms. The van der Waals surface area contributed by atoms with E-state index in [0.29, 0.717) is 28.6 Å². The molecular formula is C11H14ClN5O. The standard InChI is InChI=1S/C11H14ClN5O/c1-3-4-17-9(8(12)6-15-17)10(18)7-5-14-16(2)11(7)13/h5-6H,3-4,13H2,1-2H3. The van der Waals surface area contributed by atoms with Crippen molar-refractivity contribution >= 4 is 23.2 Å². The van der Waals surface area contributed by atoms with Crippen LogP contribution in [-0.2, 0) is 13.6 Å². The summed E-state index contributed by atoms with van der Waals surface area (Å²) < 4.78 is 3.04. The van der Waals surface area contributed by atoms with Gasteiger partial charge in [-0.15, -0.1) is 0 Å². The van der Waals surface area contributed by atoms with E-state index in [0.717, 1.165) is 6.42 Å². The molecule has 0 bridgehead atoms. The minimum Gasteiger partial charge on any atom is -0.383 e. The molecule has 18 heavy (non-hydrogen) atoms. The molecule has 0 saturated heterocycles. The molecule has 0 aliphatic carbocycles. The van der Waals surface area contributed by atoms with Gasteiger partial charge in [0.1, 0.15) is 11.5 Å². The second-order valence-corrected chi connectivity index (χ2v) is 4.37. The van der Waals surface area contributed by atoms with E-state index in [4.69, 9.17) is 17.3 Å². The Balaban J connectivity index is 2.45. The minimum atomic E-state index is -0.253. The van der Waals surface area contributed by atoms with E-state index in [2.05, 4.69) is 10.2 Å². The largest absolute Gasteiger partial charge is 0.383 e. The van der Waals surface area contributed by atoms with Gasteiger partial charge in [-0.1, -0.05) is 18.5 Å². The monoisotopic (exact) mass is 267 g/mol. The van der Waals surface area contributed by atoms with Crippen LogP contribution in [0.5, 0.6) is 0 Å². The Hall–Kier alpha value is -1.82. The van der Waals surface area contributed by atoms with Crippen LogP contribution in [0.3, 0.4) is 0 Å². The molecule has 0 amide bonds. The van der Waals surface area contributed by atoms with Crippen molar-refractivity contribution in [3.05, 3.63) is 28.7 Å². The Kier molecular flexibility index (Phi) is 3.38. The third-order valence-electron chi connectivity index (χ3n) is 2.67. The van der Waals surface area contributed by atoms with Crippen LogP contribution in [0.1, 0.15) is 29.4 Å². The number of nitrogen functional groups attached to an aromatic ring is 1. The summed E-state index contributed by atoms with van der Waals surface area (Å²) >= 11 is 6.01. The summed E-state index contributed by atoms with van der Waals surface area (Å²) in [5.41, 5.74) is 6.49. The van der Waals surface area contributed by atoms with Gasteiger partial charge >= 0.3 is 0 Å². The molecule has 0 radical (unpaired) electrons. The topological polar surface area (TPSA) is 78.7 Å². The number of carbonyl (C=O) groups is 1. The van der Waals surface area contributed by atoms with Crippen molar-refractivity contribution in [2.24, 2.45) is 7.05 Å². The molecule has 2 N–H and O–H groups in total. The van der Waals surface area contributed by atoms with Gasteiger partial charge in [0, 0.05) is 13.6 Å². The number of halogens is 1. The molecule has 0 atom stereocenters. The fraction of sp³-hybridized carbons (Fsp3) is 0.364. The lowest BCUT2D eigenvalue weighted by Crippen LogP contribution is -2.13. The average molecular weight is 268 g/mol. The molecule has 2 rings (SSSR count). The molecule has 0 aliphatic heterocycles. The van der Waals surface area contributed by atoms with E-state index < -0.39 is 0 Å². The van der Waals surface area contributed by atoms with Gasteiger partial charge in [0.15, 0.2) is 0 Å². The highest BCUT2D eigenvalue weighted by Crippen LogP contribution is 2.22. The zero-order valence-electron chi connectivity index (χ0n) is 10.2. The number of hydrogen-bond acceptors (Lipinski definition) is 4. The van der Waals surface area contributed by atoms with Crippen LogP contribution in [0.4, 0.5) is 5.82 Å². The SMILES string of the molecule is CCCn1ncc(Cl)c1C(=O)c1cnn(C)c1N. The fourth-order valence-corrected chi connectivity index (χ4v) is 1.95. The average Bonchev–Trinajstić information content (AvgIpc) is 2.85. The summed E-state index contributed by atoms with van der Waals surface area (Å²) in [5.74, 6) is 0.0665. The van der Waals surface area contributed by atoms with Crippen molar-refractivity contribution in [2.45, 2.75) is 19.9 Å². The summed E-state index contributed by atoms with van der Waals surface area (Å²) in [5, 5.41) is 8.37. The summed E-state index contributed by atoms with van der Waals surface area (Å²) in [7, 11) is 1.68. The maximum Gasteiger partial charge on any atom is 0.217 e. The smallest absolute Gasteiger partial charge is 0.217 e. The van der Waals surface area contributed by atoms with Crippen molar-refractivity contribution in [1.82, 2.24) is 19.6 Å². The van der Waals surface area contributed by atoms with Gasteiger partial charge in [0.2, 0.25) is 5.78 Å².